The lowest BCUT2D eigenvalue weighted by atomic mass is 9.92. The summed E-state index contributed by atoms with van der Waals surface area (Å²) in [4.78, 5) is 37.7. The summed E-state index contributed by atoms with van der Waals surface area (Å²) in [6.07, 6.45) is -0.225. The Morgan fingerprint density at radius 1 is 1.11 bits per heavy atom. The molecular weight excluding hydrogens is 465 g/mol. The molecule has 0 saturated carbocycles. The summed E-state index contributed by atoms with van der Waals surface area (Å²) >= 11 is 0. The number of hydrogen-bond donors (Lipinski definition) is 3. The third-order valence-corrected chi connectivity index (χ3v) is 6.01. The van der Waals surface area contributed by atoms with Crippen molar-refractivity contribution >= 4 is 17.7 Å². The van der Waals surface area contributed by atoms with Crippen molar-refractivity contribution in [1.82, 2.24) is 9.88 Å². The van der Waals surface area contributed by atoms with Crippen LogP contribution >= 0.6 is 0 Å². The third-order valence-electron chi connectivity index (χ3n) is 6.01. The van der Waals surface area contributed by atoms with E-state index in [-0.39, 0.29) is 24.5 Å². The molecule has 0 aliphatic rings. The molecule has 0 aliphatic carbocycles. The summed E-state index contributed by atoms with van der Waals surface area (Å²) in [5.41, 5.74) is 2.91. The molecule has 36 heavy (non-hydrogen) atoms. The number of ether oxygens (including phenoxy) is 1. The lowest BCUT2D eigenvalue weighted by molar-refractivity contribution is -0.143. The van der Waals surface area contributed by atoms with Crippen LogP contribution in [0.3, 0.4) is 0 Å². The summed E-state index contributed by atoms with van der Waals surface area (Å²) in [5.74, 6) is -1.38. The van der Waals surface area contributed by atoms with E-state index in [9.17, 15) is 23.9 Å². The summed E-state index contributed by atoms with van der Waals surface area (Å²) in [5, 5.41) is 15.2. The zero-order chi connectivity index (χ0) is 26.6. The number of aromatic nitrogens is 1. The first-order valence-corrected chi connectivity index (χ1v) is 11.5. The second-order valence-corrected chi connectivity index (χ2v) is 8.58. The number of aromatic hydroxyl groups is 1. The molecule has 2 amide bonds. The molecule has 190 valence electrons. The number of halogens is 1. The number of hydrogen-bond acceptors (Lipinski definition) is 5. The number of rotatable bonds is 7. The van der Waals surface area contributed by atoms with Crippen LogP contribution in [-0.2, 0) is 16.6 Å². The van der Waals surface area contributed by atoms with Crippen molar-refractivity contribution in [3.63, 3.8) is 0 Å². The maximum absolute atomic E-state index is 14.9. The Morgan fingerprint density at radius 2 is 1.78 bits per heavy atom. The Kier molecular flexibility index (Phi) is 8.14. The van der Waals surface area contributed by atoms with Crippen LogP contribution in [0.2, 0.25) is 0 Å². The number of amides is 2. The van der Waals surface area contributed by atoms with Gasteiger partial charge in [-0.15, -0.1) is 0 Å². The largest absolute Gasteiger partial charge is 0.505 e. The highest BCUT2D eigenvalue weighted by atomic mass is 19.1. The molecule has 0 radical (unpaired) electrons. The van der Waals surface area contributed by atoms with Gasteiger partial charge in [-0.05, 0) is 62.1 Å². The van der Waals surface area contributed by atoms with Gasteiger partial charge >= 0.3 is 12.0 Å². The van der Waals surface area contributed by atoms with Gasteiger partial charge in [0.05, 0.1) is 19.1 Å². The second kappa shape index (κ2) is 11.1. The summed E-state index contributed by atoms with van der Waals surface area (Å²) in [6.45, 7) is 7.22. The van der Waals surface area contributed by atoms with Crippen LogP contribution in [-0.4, -0.2) is 28.3 Å². The van der Waals surface area contributed by atoms with Gasteiger partial charge in [0, 0.05) is 24.4 Å². The Balaban J connectivity index is 1.98. The van der Waals surface area contributed by atoms with E-state index in [2.05, 4.69) is 10.6 Å². The molecule has 0 fully saturated rings. The topological polar surface area (TPSA) is 110 Å². The molecular formula is C27H30FN3O5. The molecule has 1 atom stereocenters. The zero-order valence-electron chi connectivity index (χ0n) is 20.9. The van der Waals surface area contributed by atoms with E-state index in [1.54, 1.807) is 19.9 Å². The first kappa shape index (κ1) is 26.5. The highest BCUT2D eigenvalue weighted by Crippen LogP contribution is 2.32. The number of nitrogens with zero attached hydrogens (tertiary/aromatic N) is 1. The van der Waals surface area contributed by atoms with Crippen LogP contribution in [0.5, 0.6) is 5.75 Å². The molecule has 1 heterocycles. The molecule has 3 N–H and O–H groups in total. The van der Waals surface area contributed by atoms with Gasteiger partial charge in [0.15, 0.2) is 5.69 Å². The van der Waals surface area contributed by atoms with Crippen LogP contribution in [0.1, 0.15) is 41.8 Å². The van der Waals surface area contributed by atoms with E-state index in [4.69, 9.17) is 4.74 Å². The number of nitrogens with one attached hydrogen (secondary N) is 2. The predicted molar refractivity (Wildman–Crippen MR) is 136 cm³/mol. The smallest absolute Gasteiger partial charge is 0.319 e. The molecule has 0 spiro atoms. The lowest BCUT2D eigenvalue weighted by Crippen LogP contribution is -2.36. The number of carbonyl (C=O) groups excluding carboxylic acids is 2. The van der Waals surface area contributed by atoms with Crippen LogP contribution in [0.25, 0.3) is 11.1 Å². The molecule has 3 aromatic rings. The Hall–Kier alpha value is -4.14. The number of anilines is 1. The first-order chi connectivity index (χ1) is 17.0. The van der Waals surface area contributed by atoms with Crippen molar-refractivity contribution in [3.05, 3.63) is 81.0 Å². The van der Waals surface area contributed by atoms with Crippen LogP contribution in [0.4, 0.5) is 14.9 Å². The Bertz CT molecular complexity index is 1350. The van der Waals surface area contributed by atoms with Crippen LogP contribution in [0, 0.1) is 26.6 Å². The normalized spacial score (nSPS) is 11.6. The predicted octanol–water partition coefficient (Wildman–Crippen LogP) is 4.64. The number of benzene rings is 2. The van der Waals surface area contributed by atoms with Crippen LogP contribution in [0.15, 0.2) is 47.3 Å². The van der Waals surface area contributed by atoms with E-state index in [1.807, 2.05) is 32.0 Å². The minimum absolute atomic E-state index is 0.155. The summed E-state index contributed by atoms with van der Waals surface area (Å²) < 4.78 is 21.3. The van der Waals surface area contributed by atoms with E-state index in [0.717, 1.165) is 16.7 Å². The number of urea groups is 1. The van der Waals surface area contributed by atoms with E-state index < -0.39 is 29.4 Å². The van der Waals surface area contributed by atoms with Crippen molar-refractivity contribution < 1.29 is 23.8 Å². The van der Waals surface area contributed by atoms with Crippen molar-refractivity contribution in [2.75, 3.05) is 11.9 Å². The molecule has 2 aromatic carbocycles. The fourth-order valence-corrected chi connectivity index (χ4v) is 4.06. The Morgan fingerprint density at radius 3 is 2.42 bits per heavy atom. The SMILES string of the molecule is CCOC(=O)C[C@H](NC(=O)Nc1c(O)cc(C)n(C)c1=O)c1ccc(F)c(-c2c(C)cccc2C)c1. The molecule has 0 unspecified atom stereocenters. The van der Waals surface area contributed by atoms with Crippen LogP contribution < -0.4 is 16.2 Å². The van der Waals surface area contributed by atoms with Gasteiger partial charge in [0.25, 0.3) is 5.56 Å². The summed E-state index contributed by atoms with van der Waals surface area (Å²) in [7, 11) is 1.51. The number of aryl methyl sites for hydroxylation is 3. The van der Waals surface area contributed by atoms with Gasteiger partial charge < -0.3 is 25.0 Å². The van der Waals surface area contributed by atoms with Gasteiger partial charge in [-0.3, -0.25) is 9.59 Å². The molecule has 3 rings (SSSR count). The van der Waals surface area contributed by atoms with Gasteiger partial charge in [0.2, 0.25) is 0 Å². The maximum atomic E-state index is 14.9. The number of pyridine rings is 1. The molecule has 0 saturated heterocycles. The number of carbonyl (C=O) groups is 2. The fraction of sp³-hybridized carbons (Fsp3) is 0.296. The van der Waals surface area contributed by atoms with E-state index >= 15 is 0 Å². The van der Waals surface area contributed by atoms with E-state index in [0.29, 0.717) is 16.8 Å². The second-order valence-electron chi connectivity index (χ2n) is 8.58. The molecule has 0 aliphatic heterocycles. The van der Waals surface area contributed by atoms with Gasteiger partial charge in [-0.2, -0.15) is 0 Å². The number of esters is 1. The molecule has 0 bridgehead atoms. The highest BCUT2D eigenvalue weighted by Gasteiger charge is 2.23. The monoisotopic (exact) mass is 495 g/mol. The molecule has 8 nitrogen and oxygen atoms in total. The zero-order valence-corrected chi connectivity index (χ0v) is 20.9. The molecule has 1 aromatic heterocycles. The lowest BCUT2D eigenvalue weighted by Gasteiger charge is -2.21. The van der Waals surface area contributed by atoms with E-state index in [1.165, 1.54) is 29.8 Å². The fourth-order valence-electron chi connectivity index (χ4n) is 4.06. The van der Waals surface area contributed by atoms with Gasteiger partial charge in [0.1, 0.15) is 11.6 Å². The summed E-state index contributed by atoms with van der Waals surface area (Å²) in [6, 6.07) is 9.64. The van der Waals surface area contributed by atoms with Crippen molar-refractivity contribution in [3.8, 4) is 16.9 Å². The maximum Gasteiger partial charge on any atom is 0.319 e. The van der Waals surface area contributed by atoms with Gasteiger partial charge in [-0.25, -0.2) is 9.18 Å². The minimum atomic E-state index is -0.899. The van der Waals surface area contributed by atoms with Crippen molar-refractivity contribution in [2.45, 2.75) is 40.2 Å². The quantitative estimate of drug-likeness (QED) is 0.414. The standard InChI is InChI=1S/C27H30FN3O5/c1-6-36-23(33)14-21(29-27(35)30-25-22(32)12-17(4)31(5)26(25)34)18-10-11-20(28)19(13-18)24-15(2)8-7-9-16(24)3/h7-13,21,32H,6,14H2,1-5H3,(H2,29,30,35)/t21-/m0/s1. The average molecular weight is 496 g/mol. The van der Waals surface area contributed by atoms with Crippen molar-refractivity contribution in [2.24, 2.45) is 7.05 Å². The Labute approximate surface area is 208 Å². The van der Waals surface area contributed by atoms with Crippen molar-refractivity contribution in [1.29, 1.82) is 0 Å². The first-order valence-electron chi connectivity index (χ1n) is 11.5. The van der Waals surface area contributed by atoms with Gasteiger partial charge in [-0.1, -0.05) is 24.3 Å². The molecule has 9 heteroatoms. The third kappa shape index (κ3) is 5.73. The highest BCUT2D eigenvalue weighted by molar-refractivity contribution is 5.91. The minimum Gasteiger partial charge on any atom is -0.505 e. The average Bonchev–Trinajstić information content (AvgIpc) is 2.81.